The molecule has 8 nitrogen and oxygen atoms in total. The fourth-order valence-electron chi connectivity index (χ4n) is 4.71. The van der Waals surface area contributed by atoms with Crippen LogP contribution in [0.2, 0.25) is 10.0 Å². The van der Waals surface area contributed by atoms with Crippen LogP contribution in [0.4, 0.5) is 5.82 Å². The monoisotopic (exact) mass is 509 g/mol. The Bertz CT molecular complexity index is 1400. The first kappa shape index (κ1) is 23.5. The van der Waals surface area contributed by atoms with Crippen LogP contribution < -0.4 is 16.0 Å². The number of para-hydroxylation sites is 1. The van der Waals surface area contributed by atoms with Crippen molar-refractivity contribution in [2.24, 2.45) is 5.73 Å². The number of carbonyl (C=O) groups excluding carboxylic acids is 1. The smallest absolute Gasteiger partial charge is 0.239 e. The molecule has 180 valence electrons. The van der Waals surface area contributed by atoms with Gasteiger partial charge in [-0.15, -0.1) is 0 Å². The minimum atomic E-state index is -0.838. The van der Waals surface area contributed by atoms with Crippen molar-refractivity contribution < 1.29 is 4.79 Å². The average molecular weight is 510 g/mol. The van der Waals surface area contributed by atoms with E-state index in [1.807, 2.05) is 67.3 Å². The summed E-state index contributed by atoms with van der Waals surface area (Å²) in [6, 6.07) is 15.1. The third-order valence-corrected chi connectivity index (χ3v) is 6.81. The van der Waals surface area contributed by atoms with Gasteiger partial charge >= 0.3 is 0 Å². The van der Waals surface area contributed by atoms with Crippen molar-refractivity contribution in [3.63, 3.8) is 0 Å². The van der Waals surface area contributed by atoms with Crippen molar-refractivity contribution in [3.8, 4) is 16.9 Å². The van der Waals surface area contributed by atoms with Crippen LogP contribution in [0.5, 0.6) is 0 Å². The lowest BCUT2D eigenvalue weighted by atomic mass is 9.96. The number of carbonyl (C=O) groups is 1. The first-order valence-electron chi connectivity index (χ1n) is 11.4. The van der Waals surface area contributed by atoms with E-state index in [0.29, 0.717) is 46.4 Å². The zero-order valence-corrected chi connectivity index (χ0v) is 20.9. The van der Waals surface area contributed by atoms with Gasteiger partial charge in [0.25, 0.3) is 0 Å². The van der Waals surface area contributed by atoms with E-state index in [4.69, 9.17) is 34.0 Å². The molecule has 10 heteroatoms. The molecule has 1 atom stereocenters. The number of aromatic nitrogens is 4. The maximum Gasteiger partial charge on any atom is 0.239 e. The number of nitrogens with one attached hydrogen (secondary N) is 1. The number of anilines is 1. The Labute approximate surface area is 213 Å². The quantitative estimate of drug-likeness (QED) is 0.403. The summed E-state index contributed by atoms with van der Waals surface area (Å²) in [6.45, 7) is 4.99. The third kappa shape index (κ3) is 4.22. The number of hydrogen-bond donors (Lipinski definition) is 2. The number of halogens is 2. The van der Waals surface area contributed by atoms with Gasteiger partial charge in [-0.05, 0) is 44.5 Å². The molecule has 0 bridgehead atoms. The molecule has 1 aliphatic rings. The van der Waals surface area contributed by atoms with Gasteiger partial charge in [0.1, 0.15) is 23.1 Å². The molecule has 1 amide bonds. The number of benzene rings is 2. The van der Waals surface area contributed by atoms with Crippen LogP contribution in [0.3, 0.4) is 0 Å². The molecule has 0 spiro atoms. The maximum atomic E-state index is 12.4. The first-order chi connectivity index (χ1) is 16.8. The molecule has 2 aromatic carbocycles. The van der Waals surface area contributed by atoms with E-state index < -0.39 is 5.54 Å². The molecule has 4 aromatic rings. The second-order valence-corrected chi connectivity index (χ2v) is 9.87. The molecule has 1 aliphatic heterocycles. The standard InChI is InChI=1S/C25H25Cl2N7O/c1-15(2)31-25(24(28)35)11-12-33(13-25)23-21-20(29-14-30-23)22(16-7-9-17(26)10-8-16)34(32-21)19-6-4-3-5-18(19)27/h3-10,14-15,31H,11-13H2,1-2H3,(H2,28,35). The summed E-state index contributed by atoms with van der Waals surface area (Å²) in [7, 11) is 0. The molecule has 2 aromatic heterocycles. The zero-order chi connectivity index (χ0) is 24.7. The number of nitrogens with two attached hydrogens (primary N) is 1. The van der Waals surface area contributed by atoms with E-state index in [1.54, 1.807) is 4.68 Å². The Balaban J connectivity index is 1.69. The molecule has 5 rings (SSSR count). The van der Waals surface area contributed by atoms with Crippen molar-refractivity contribution in [2.75, 3.05) is 18.0 Å². The molecule has 0 aliphatic carbocycles. The lowest BCUT2D eigenvalue weighted by Gasteiger charge is -2.29. The Kier molecular flexibility index (Phi) is 6.13. The molecule has 0 saturated carbocycles. The van der Waals surface area contributed by atoms with Gasteiger partial charge in [-0.25, -0.2) is 14.6 Å². The van der Waals surface area contributed by atoms with E-state index >= 15 is 0 Å². The Morgan fingerprint density at radius 1 is 1.09 bits per heavy atom. The van der Waals surface area contributed by atoms with Crippen LogP contribution >= 0.6 is 23.2 Å². The highest BCUT2D eigenvalue weighted by atomic mass is 35.5. The summed E-state index contributed by atoms with van der Waals surface area (Å²) < 4.78 is 1.79. The molecule has 1 saturated heterocycles. The van der Waals surface area contributed by atoms with Crippen LogP contribution in [0.15, 0.2) is 54.9 Å². The Morgan fingerprint density at radius 3 is 2.51 bits per heavy atom. The maximum absolute atomic E-state index is 12.4. The average Bonchev–Trinajstić information content (AvgIpc) is 3.42. The molecular formula is C25H25Cl2N7O. The molecular weight excluding hydrogens is 485 g/mol. The largest absolute Gasteiger partial charge is 0.368 e. The summed E-state index contributed by atoms with van der Waals surface area (Å²) >= 11 is 12.7. The van der Waals surface area contributed by atoms with Crippen molar-refractivity contribution >= 4 is 46.0 Å². The lowest BCUT2D eigenvalue weighted by Crippen LogP contribution is -2.59. The number of hydrogen-bond acceptors (Lipinski definition) is 6. The fourth-order valence-corrected chi connectivity index (χ4v) is 5.06. The van der Waals surface area contributed by atoms with Gasteiger partial charge in [0, 0.05) is 29.7 Å². The first-order valence-corrected chi connectivity index (χ1v) is 12.1. The van der Waals surface area contributed by atoms with Crippen LogP contribution in [0.25, 0.3) is 28.0 Å². The van der Waals surface area contributed by atoms with E-state index in [9.17, 15) is 4.79 Å². The van der Waals surface area contributed by atoms with Crippen LogP contribution in [0, 0.1) is 0 Å². The van der Waals surface area contributed by atoms with Crippen LogP contribution in [-0.4, -0.2) is 50.3 Å². The van der Waals surface area contributed by atoms with E-state index in [2.05, 4.69) is 15.3 Å². The van der Waals surface area contributed by atoms with E-state index in [0.717, 1.165) is 16.9 Å². The van der Waals surface area contributed by atoms with Gasteiger partial charge in [-0.1, -0.05) is 47.5 Å². The number of fused-ring (bicyclic) bond motifs is 1. The normalized spacial score (nSPS) is 18.0. The molecule has 3 heterocycles. The van der Waals surface area contributed by atoms with Crippen molar-refractivity contribution in [1.29, 1.82) is 0 Å². The van der Waals surface area contributed by atoms with Gasteiger partial charge in [0.15, 0.2) is 11.3 Å². The van der Waals surface area contributed by atoms with Crippen molar-refractivity contribution in [2.45, 2.75) is 31.8 Å². The number of amides is 1. The number of nitrogens with zero attached hydrogens (tertiary/aromatic N) is 5. The zero-order valence-electron chi connectivity index (χ0n) is 19.4. The second-order valence-electron chi connectivity index (χ2n) is 9.03. The predicted molar refractivity (Wildman–Crippen MR) is 139 cm³/mol. The summed E-state index contributed by atoms with van der Waals surface area (Å²) in [5, 5.41) is 9.49. The van der Waals surface area contributed by atoms with Crippen LogP contribution in [0.1, 0.15) is 20.3 Å². The van der Waals surface area contributed by atoms with Crippen molar-refractivity contribution in [3.05, 3.63) is 64.9 Å². The molecule has 0 radical (unpaired) electrons. The van der Waals surface area contributed by atoms with Gasteiger partial charge in [-0.3, -0.25) is 10.1 Å². The third-order valence-electron chi connectivity index (χ3n) is 6.24. The highest BCUT2D eigenvalue weighted by Crippen LogP contribution is 2.37. The summed E-state index contributed by atoms with van der Waals surface area (Å²) in [5.74, 6) is 0.271. The molecule has 35 heavy (non-hydrogen) atoms. The van der Waals surface area contributed by atoms with Gasteiger partial charge < -0.3 is 10.6 Å². The lowest BCUT2D eigenvalue weighted by molar-refractivity contribution is -0.123. The Hall–Kier alpha value is -3.20. The van der Waals surface area contributed by atoms with E-state index in [1.165, 1.54) is 6.33 Å². The molecule has 1 fully saturated rings. The summed E-state index contributed by atoms with van der Waals surface area (Å²) in [4.78, 5) is 23.7. The molecule has 1 unspecified atom stereocenters. The van der Waals surface area contributed by atoms with Gasteiger partial charge in [0.05, 0.1) is 10.7 Å². The summed E-state index contributed by atoms with van der Waals surface area (Å²) in [6.07, 6.45) is 2.09. The summed E-state index contributed by atoms with van der Waals surface area (Å²) in [5.41, 5.74) is 8.66. The number of primary amides is 1. The topological polar surface area (TPSA) is 102 Å². The Morgan fingerprint density at radius 2 is 1.83 bits per heavy atom. The van der Waals surface area contributed by atoms with Gasteiger partial charge in [-0.2, -0.15) is 5.10 Å². The number of rotatable bonds is 6. The predicted octanol–water partition coefficient (Wildman–Crippen LogP) is 4.22. The molecule has 3 N–H and O–H groups in total. The minimum Gasteiger partial charge on any atom is -0.368 e. The highest BCUT2D eigenvalue weighted by Gasteiger charge is 2.44. The SMILES string of the molecule is CC(C)NC1(C(N)=O)CCN(c2ncnc3c(-c4ccc(Cl)cc4)n(-c4ccccc4Cl)nc23)C1. The second kappa shape index (κ2) is 9.11. The fraction of sp³-hybridized carbons (Fsp3) is 0.280. The highest BCUT2D eigenvalue weighted by molar-refractivity contribution is 6.32. The van der Waals surface area contributed by atoms with E-state index in [-0.39, 0.29) is 11.9 Å². The minimum absolute atomic E-state index is 0.101. The van der Waals surface area contributed by atoms with Gasteiger partial charge in [0.2, 0.25) is 5.91 Å². The van der Waals surface area contributed by atoms with Crippen molar-refractivity contribution in [1.82, 2.24) is 25.1 Å². The van der Waals surface area contributed by atoms with Crippen LogP contribution in [-0.2, 0) is 4.79 Å².